The molecule has 2 heteroatoms. The van der Waals surface area contributed by atoms with E-state index in [9.17, 15) is 4.39 Å². The van der Waals surface area contributed by atoms with Gasteiger partial charge in [0, 0.05) is 12.1 Å². The minimum Gasteiger partial charge on any atom is -0.493 e. The van der Waals surface area contributed by atoms with Crippen LogP contribution < -0.4 is 4.74 Å². The van der Waals surface area contributed by atoms with Gasteiger partial charge in [0.2, 0.25) is 0 Å². The SMILES string of the molecule is CCCCCCCCCOc1cc[c]c(F)c1. The van der Waals surface area contributed by atoms with E-state index in [2.05, 4.69) is 13.0 Å². The van der Waals surface area contributed by atoms with Crippen LogP contribution in [0.25, 0.3) is 0 Å². The molecule has 1 aromatic carbocycles. The summed E-state index contributed by atoms with van der Waals surface area (Å²) in [4.78, 5) is 0. The second kappa shape index (κ2) is 9.03. The van der Waals surface area contributed by atoms with Gasteiger partial charge in [0.1, 0.15) is 11.6 Å². The lowest BCUT2D eigenvalue weighted by atomic mass is 10.1. The molecular formula is C15H22FO. The molecule has 17 heavy (non-hydrogen) atoms. The third-order valence-electron chi connectivity index (χ3n) is 2.75. The van der Waals surface area contributed by atoms with Crippen LogP contribution in [0, 0.1) is 11.9 Å². The first kappa shape index (κ1) is 14.0. The summed E-state index contributed by atoms with van der Waals surface area (Å²) in [5.74, 6) is 0.245. The van der Waals surface area contributed by atoms with Gasteiger partial charge in [0.05, 0.1) is 6.61 Å². The van der Waals surface area contributed by atoms with E-state index in [1.54, 1.807) is 12.1 Å². The van der Waals surface area contributed by atoms with E-state index in [0.29, 0.717) is 12.4 Å². The summed E-state index contributed by atoms with van der Waals surface area (Å²) in [7, 11) is 0. The molecule has 1 aromatic rings. The summed E-state index contributed by atoms with van der Waals surface area (Å²) >= 11 is 0. The first-order valence-electron chi connectivity index (χ1n) is 6.63. The summed E-state index contributed by atoms with van der Waals surface area (Å²) < 4.78 is 18.2. The van der Waals surface area contributed by atoms with Crippen LogP contribution in [0.2, 0.25) is 0 Å². The third kappa shape index (κ3) is 6.98. The van der Waals surface area contributed by atoms with Crippen molar-refractivity contribution in [1.82, 2.24) is 0 Å². The van der Waals surface area contributed by atoms with Crippen LogP contribution in [0.5, 0.6) is 5.75 Å². The van der Waals surface area contributed by atoms with Crippen molar-refractivity contribution >= 4 is 0 Å². The Bertz CT molecular complexity index is 299. The molecule has 0 bridgehead atoms. The zero-order valence-electron chi connectivity index (χ0n) is 10.7. The highest BCUT2D eigenvalue weighted by Crippen LogP contribution is 2.12. The average Bonchev–Trinajstić information content (AvgIpc) is 2.33. The molecule has 0 saturated carbocycles. The molecule has 0 aliphatic heterocycles. The lowest BCUT2D eigenvalue weighted by molar-refractivity contribution is 0.303. The van der Waals surface area contributed by atoms with Crippen molar-refractivity contribution in [3.8, 4) is 5.75 Å². The number of halogens is 1. The molecule has 0 heterocycles. The smallest absolute Gasteiger partial charge is 0.134 e. The molecule has 1 radical (unpaired) electrons. The molecule has 95 valence electrons. The van der Waals surface area contributed by atoms with Gasteiger partial charge in [0.25, 0.3) is 0 Å². The van der Waals surface area contributed by atoms with E-state index >= 15 is 0 Å². The number of hydrogen-bond acceptors (Lipinski definition) is 1. The fourth-order valence-electron chi connectivity index (χ4n) is 1.76. The molecule has 0 unspecified atom stereocenters. The standard InChI is InChI=1S/C15H22FO/c1-2-3-4-5-6-7-8-12-17-15-11-9-10-14(16)13-15/h9,11,13H,2-8,12H2,1H3. The lowest BCUT2D eigenvalue weighted by Gasteiger charge is -2.05. The van der Waals surface area contributed by atoms with E-state index in [1.807, 2.05) is 0 Å². The van der Waals surface area contributed by atoms with Crippen molar-refractivity contribution < 1.29 is 9.13 Å². The Kier molecular flexibility index (Phi) is 7.44. The van der Waals surface area contributed by atoms with E-state index in [0.717, 1.165) is 6.42 Å². The zero-order chi connectivity index (χ0) is 12.3. The van der Waals surface area contributed by atoms with Crippen molar-refractivity contribution in [2.75, 3.05) is 6.61 Å². The van der Waals surface area contributed by atoms with Gasteiger partial charge in [0.15, 0.2) is 0 Å². The van der Waals surface area contributed by atoms with Crippen LogP contribution in [-0.2, 0) is 0 Å². The number of ether oxygens (including phenoxy) is 1. The lowest BCUT2D eigenvalue weighted by Crippen LogP contribution is -1.97. The molecule has 0 fully saturated rings. The second-order valence-corrected chi connectivity index (χ2v) is 4.34. The molecule has 0 aromatic heterocycles. The topological polar surface area (TPSA) is 9.23 Å². The Hall–Kier alpha value is -1.05. The highest BCUT2D eigenvalue weighted by Gasteiger charge is 1.96. The summed E-state index contributed by atoms with van der Waals surface area (Å²) in [5, 5.41) is 0. The molecule has 0 aliphatic carbocycles. The quantitative estimate of drug-likeness (QED) is 0.563. The van der Waals surface area contributed by atoms with Crippen LogP contribution in [0.4, 0.5) is 4.39 Å². The predicted octanol–water partition coefficient (Wildman–Crippen LogP) is 4.76. The first-order valence-corrected chi connectivity index (χ1v) is 6.63. The van der Waals surface area contributed by atoms with Crippen molar-refractivity contribution in [3.63, 3.8) is 0 Å². The second-order valence-electron chi connectivity index (χ2n) is 4.34. The highest BCUT2D eigenvalue weighted by molar-refractivity contribution is 5.21. The maximum Gasteiger partial charge on any atom is 0.134 e. The van der Waals surface area contributed by atoms with Gasteiger partial charge in [-0.05, 0) is 18.6 Å². The molecule has 0 aliphatic rings. The fourth-order valence-corrected chi connectivity index (χ4v) is 1.76. The molecular weight excluding hydrogens is 215 g/mol. The first-order chi connectivity index (χ1) is 8.33. The molecule has 0 spiro atoms. The maximum absolute atomic E-state index is 12.8. The molecule has 1 rings (SSSR count). The monoisotopic (exact) mass is 237 g/mol. The summed E-state index contributed by atoms with van der Waals surface area (Å²) in [5.41, 5.74) is 0. The summed E-state index contributed by atoms with van der Waals surface area (Å²) in [6, 6.07) is 7.12. The Morgan fingerprint density at radius 3 is 2.53 bits per heavy atom. The molecule has 0 amide bonds. The van der Waals surface area contributed by atoms with Gasteiger partial charge in [-0.3, -0.25) is 0 Å². The Morgan fingerprint density at radius 2 is 1.82 bits per heavy atom. The average molecular weight is 237 g/mol. The predicted molar refractivity (Wildman–Crippen MR) is 68.7 cm³/mol. The fraction of sp³-hybridized carbons (Fsp3) is 0.600. The van der Waals surface area contributed by atoms with Crippen molar-refractivity contribution in [2.24, 2.45) is 0 Å². The Morgan fingerprint density at radius 1 is 1.12 bits per heavy atom. The van der Waals surface area contributed by atoms with Gasteiger partial charge < -0.3 is 4.74 Å². The van der Waals surface area contributed by atoms with E-state index in [1.165, 1.54) is 44.6 Å². The largest absolute Gasteiger partial charge is 0.493 e. The minimum atomic E-state index is -0.359. The molecule has 1 nitrogen and oxygen atoms in total. The number of benzene rings is 1. The van der Waals surface area contributed by atoms with Gasteiger partial charge in [-0.2, -0.15) is 0 Å². The van der Waals surface area contributed by atoms with Crippen molar-refractivity contribution in [2.45, 2.75) is 51.9 Å². The Balaban J connectivity index is 1.97. The van der Waals surface area contributed by atoms with E-state index in [4.69, 9.17) is 4.74 Å². The molecule has 0 N–H and O–H groups in total. The minimum absolute atomic E-state index is 0.359. The normalized spacial score (nSPS) is 10.5. The van der Waals surface area contributed by atoms with Crippen LogP contribution >= 0.6 is 0 Å². The summed E-state index contributed by atoms with van der Waals surface area (Å²) in [6.45, 7) is 2.90. The number of hydrogen-bond donors (Lipinski definition) is 0. The van der Waals surface area contributed by atoms with E-state index in [-0.39, 0.29) is 5.82 Å². The van der Waals surface area contributed by atoms with Crippen LogP contribution in [0.3, 0.4) is 0 Å². The van der Waals surface area contributed by atoms with Crippen molar-refractivity contribution in [3.05, 3.63) is 30.1 Å². The van der Waals surface area contributed by atoms with Gasteiger partial charge in [-0.25, -0.2) is 4.39 Å². The van der Waals surface area contributed by atoms with Crippen LogP contribution in [0.15, 0.2) is 18.2 Å². The molecule has 0 atom stereocenters. The van der Waals surface area contributed by atoms with Crippen LogP contribution in [-0.4, -0.2) is 6.61 Å². The van der Waals surface area contributed by atoms with Gasteiger partial charge in [-0.15, -0.1) is 0 Å². The number of rotatable bonds is 9. The zero-order valence-corrected chi connectivity index (χ0v) is 10.7. The summed E-state index contributed by atoms with van der Waals surface area (Å²) in [6.07, 6.45) is 8.83. The van der Waals surface area contributed by atoms with E-state index < -0.39 is 0 Å². The van der Waals surface area contributed by atoms with Crippen molar-refractivity contribution in [1.29, 1.82) is 0 Å². The van der Waals surface area contributed by atoms with Crippen LogP contribution in [0.1, 0.15) is 51.9 Å². The molecule has 0 saturated heterocycles. The highest BCUT2D eigenvalue weighted by atomic mass is 19.1. The maximum atomic E-state index is 12.8. The van der Waals surface area contributed by atoms with Gasteiger partial charge >= 0.3 is 0 Å². The number of unbranched alkanes of at least 4 members (excludes halogenated alkanes) is 6. The third-order valence-corrected chi connectivity index (χ3v) is 2.75. The Labute approximate surface area is 104 Å². The van der Waals surface area contributed by atoms with Gasteiger partial charge in [-0.1, -0.05) is 45.4 Å².